The van der Waals surface area contributed by atoms with Crippen LogP contribution < -0.4 is 16.4 Å². The van der Waals surface area contributed by atoms with Gasteiger partial charge in [-0.15, -0.1) is 0 Å². The smallest absolute Gasteiger partial charge is 0.316 e. The highest BCUT2D eigenvalue weighted by Gasteiger charge is 2.16. The number of benzene rings is 2. The highest BCUT2D eigenvalue weighted by Crippen LogP contribution is 2.16. The molecule has 0 unspecified atom stereocenters. The second kappa shape index (κ2) is 8.12. The van der Waals surface area contributed by atoms with Gasteiger partial charge in [-0.05, 0) is 37.9 Å². The minimum absolute atomic E-state index is 0.138. The maximum atomic E-state index is 12.6. The molecule has 0 aliphatic rings. The van der Waals surface area contributed by atoms with Gasteiger partial charge >= 0.3 is 6.03 Å². The van der Waals surface area contributed by atoms with Crippen molar-refractivity contribution in [2.45, 2.75) is 6.04 Å². The molecule has 6 nitrogen and oxygen atoms in total. The number of amides is 3. The zero-order valence-corrected chi connectivity index (χ0v) is 13.8. The summed E-state index contributed by atoms with van der Waals surface area (Å²) in [6.07, 6.45) is 0. The predicted molar refractivity (Wildman–Crippen MR) is 94.9 cm³/mol. The summed E-state index contributed by atoms with van der Waals surface area (Å²) in [5.41, 5.74) is 7.08. The average Bonchev–Trinajstić information content (AvgIpc) is 2.54. The molecular weight excluding hydrogens is 304 g/mol. The zero-order chi connectivity index (χ0) is 17.5. The Kier molecular flexibility index (Phi) is 5.92. The predicted octanol–water partition coefficient (Wildman–Crippen LogP) is 2.21. The van der Waals surface area contributed by atoms with Gasteiger partial charge in [0.15, 0.2) is 0 Å². The molecule has 2 rings (SSSR count). The lowest BCUT2D eigenvalue weighted by Gasteiger charge is -2.23. The van der Waals surface area contributed by atoms with Gasteiger partial charge in [-0.3, -0.25) is 4.79 Å². The fourth-order valence-corrected chi connectivity index (χ4v) is 2.41. The van der Waals surface area contributed by atoms with Crippen LogP contribution >= 0.6 is 0 Å². The van der Waals surface area contributed by atoms with Gasteiger partial charge in [0.1, 0.15) is 0 Å². The van der Waals surface area contributed by atoms with Crippen molar-refractivity contribution < 1.29 is 9.59 Å². The van der Waals surface area contributed by atoms with Crippen LogP contribution in [0.2, 0.25) is 0 Å². The molecule has 2 aromatic carbocycles. The lowest BCUT2D eigenvalue weighted by atomic mass is 10.1. The molecule has 0 aromatic heterocycles. The van der Waals surface area contributed by atoms with Crippen LogP contribution in [0.5, 0.6) is 0 Å². The molecule has 0 saturated carbocycles. The van der Waals surface area contributed by atoms with Crippen LogP contribution in [0.3, 0.4) is 0 Å². The van der Waals surface area contributed by atoms with Crippen LogP contribution in [0.4, 0.5) is 10.5 Å². The fraction of sp³-hybridized carbons (Fsp3) is 0.222. The maximum Gasteiger partial charge on any atom is 0.316 e. The first-order valence-electron chi connectivity index (χ1n) is 7.63. The highest BCUT2D eigenvalue weighted by molar-refractivity contribution is 5.96. The third-order valence-electron chi connectivity index (χ3n) is 3.45. The highest BCUT2D eigenvalue weighted by atomic mass is 16.2. The number of nitrogens with zero attached hydrogens (tertiary/aromatic N) is 1. The van der Waals surface area contributed by atoms with Crippen LogP contribution in [0, 0.1) is 0 Å². The van der Waals surface area contributed by atoms with Gasteiger partial charge in [-0.25, -0.2) is 4.79 Å². The molecule has 2 aromatic rings. The van der Waals surface area contributed by atoms with E-state index in [2.05, 4.69) is 10.6 Å². The average molecular weight is 326 g/mol. The first-order chi connectivity index (χ1) is 11.5. The summed E-state index contributed by atoms with van der Waals surface area (Å²) in [4.78, 5) is 25.5. The van der Waals surface area contributed by atoms with Crippen molar-refractivity contribution in [3.8, 4) is 0 Å². The molecule has 3 amide bonds. The normalized spacial score (nSPS) is 11.8. The molecule has 4 N–H and O–H groups in total. The van der Waals surface area contributed by atoms with Crippen LogP contribution in [0.1, 0.15) is 22.0 Å². The SMILES string of the molecule is CN(C)C[C@H](NC(=O)c1cccc(NC(N)=O)c1)c1ccccc1. The Morgan fingerprint density at radius 1 is 1.08 bits per heavy atom. The Morgan fingerprint density at radius 3 is 2.42 bits per heavy atom. The third-order valence-corrected chi connectivity index (χ3v) is 3.45. The Balaban J connectivity index is 2.17. The van der Waals surface area contributed by atoms with E-state index < -0.39 is 6.03 Å². The van der Waals surface area contributed by atoms with E-state index in [1.54, 1.807) is 24.3 Å². The molecule has 0 fully saturated rings. The Morgan fingerprint density at radius 2 is 1.79 bits per heavy atom. The molecule has 0 spiro atoms. The first-order valence-corrected chi connectivity index (χ1v) is 7.63. The summed E-state index contributed by atoms with van der Waals surface area (Å²) in [6.45, 7) is 0.676. The van der Waals surface area contributed by atoms with Crippen molar-refractivity contribution in [2.24, 2.45) is 5.73 Å². The van der Waals surface area contributed by atoms with E-state index in [-0.39, 0.29) is 11.9 Å². The third kappa shape index (κ3) is 5.10. The summed E-state index contributed by atoms with van der Waals surface area (Å²) in [6, 6.07) is 15.7. The first kappa shape index (κ1) is 17.5. The molecule has 24 heavy (non-hydrogen) atoms. The number of nitrogens with one attached hydrogen (secondary N) is 2. The fourth-order valence-electron chi connectivity index (χ4n) is 2.41. The number of likely N-dealkylation sites (N-methyl/N-ethyl adjacent to an activating group) is 1. The maximum absolute atomic E-state index is 12.6. The zero-order valence-electron chi connectivity index (χ0n) is 13.8. The quantitative estimate of drug-likeness (QED) is 0.760. The topological polar surface area (TPSA) is 87.5 Å². The van der Waals surface area contributed by atoms with E-state index in [9.17, 15) is 9.59 Å². The number of rotatable bonds is 6. The van der Waals surface area contributed by atoms with Gasteiger partial charge in [0.05, 0.1) is 6.04 Å². The van der Waals surface area contributed by atoms with Gasteiger partial charge in [-0.1, -0.05) is 36.4 Å². The molecule has 0 bridgehead atoms. The summed E-state index contributed by atoms with van der Waals surface area (Å²) in [5.74, 6) is -0.209. The molecule has 0 heterocycles. The number of primary amides is 1. The van der Waals surface area contributed by atoms with Crippen LogP contribution in [0.15, 0.2) is 54.6 Å². The number of anilines is 1. The van der Waals surface area contributed by atoms with E-state index >= 15 is 0 Å². The van der Waals surface area contributed by atoms with Crippen molar-refractivity contribution in [1.82, 2.24) is 10.2 Å². The van der Waals surface area contributed by atoms with Gasteiger partial charge in [0, 0.05) is 17.8 Å². The van der Waals surface area contributed by atoms with E-state index in [4.69, 9.17) is 5.73 Å². The van der Waals surface area contributed by atoms with E-state index in [0.29, 0.717) is 17.8 Å². The van der Waals surface area contributed by atoms with Gasteiger partial charge in [0.2, 0.25) is 0 Å². The summed E-state index contributed by atoms with van der Waals surface area (Å²) < 4.78 is 0. The Hall–Kier alpha value is -2.86. The Labute approximate surface area is 141 Å². The van der Waals surface area contributed by atoms with E-state index in [1.165, 1.54) is 0 Å². The number of urea groups is 1. The van der Waals surface area contributed by atoms with Gasteiger partial charge in [0.25, 0.3) is 5.91 Å². The lowest BCUT2D eigenvalue weighted by Crippen LogP contribution is -2.35. The van der Waals surface area contributed by atoms with Crippen LogP contribution in [-0.2, 0) is 0 Å². The monoisotopic (exact) mass is 326 g/mol. The molecule has 126 valence electrons. The number of hydrogen-bond donors (Lipinski definition) is 3. The summed E-state index contributed by atoms with van der Waals surface area (Å²) in [5, 5.41) is 5.50. The molecular formula is C18H22N4O2. The van der Waals surface area contributed by atoms with Crippen molar-refractivity contribution >= 4 is 17.6 Å². The van der Waals surface area contributed by atoms with Crippen molar-refractivity contribution in [3.05, 3.63) is 65.7 Å². The van der Waals surface area contributed by atoms with Gasteiger partial charge in [-0.2, -0.15) is 0 Å². The van der Waals surface area contributed by atoms with Crippen LogP contribution in [0.25, 0.3) is 0 Å². The Bertz CT molecular complexity index is 701. The second-order valence-corrected chi connectivity index (χ2v) is 5.77. The largest absolute Gasteiger partial charge is 0.351 e. The van der Waals surface area contributed by atoms with Crippen molar-refractivity contribution in [1.29, 1.82) is 0 Å². The standard InChI is InChI=1S/C18H22N4O2/c1-22(2)12-16(13-7-4-3-5-8-13)21-17(23)14-9-6-10-15(11-14)20-18(19)24/h3-11,16H,12H2,1-2H3,(H,21,23)(H3,19,20,24)/t16-/m0/s1. The van der Waals surface area contributed by atoms with Crippen LogP contribution in [-0.4, -0.2) is 37.5 Å². The van der Waals surface area contributed by atoms with Crippen molar-refractivity contribution in [3.63, 3.8) is 0 Å². The lowest BCUT2D eigenvalue weighted by molar-refractivity contribution is 0.0930. The number of nitrogens with two attached hydrogens (primary N) is 1. The van der Waals surface area contributed by atoms with Gasteiger partial charge < -0.3 is 21.3 Å². The molecule has 1 atom stereocenters. The minimum Gasteiger partial charge on any atom is -0.351 e. The number of carbonyl (C=O) groups is 2. The van der Waals surface area contributed by atoms with E-state index in [0.717, 1.165) is 5.56 Å². The summed E-state index contributed by atoms with van der Waals surface area (Å²) >= 11 is 0. The molecule has 0 aliphatic carbocycles. The second-order valence-electron chi connectivity index (χ2n) is 5.77. The number of carbonyl (C=O) groups excluding carboxylic acids is 2. The molecule has 0 saturated heterocycles. The van der Waals surface area contributed by atoms with Crippen molar-refractivity contribution in [2.75, 3.05) is 26.0 Å². The molecule has 0 aliphatic heterocycles. The van der Waals surface area contributed by atoms with E-state index in [1.807, 2.05) is 49.3 Å². The minimum atomic E-state index is -0.665. The molecule has 0 radical (unpaired) electrons. The number of hydrogen-bond acceptors (Lipinski definition) is 3. The molecule has 6 heteroatoms. The summed E-state index contributed by atoms with van der Waals surface area (Å²) in [7, 11) is 3.92.